The highest BCUT2D eigenvalue weighted by Gasteiger charge is 2.31. The molecule has 1 unspecified atom stereocenters. The summed E-state index contributed by atoms with van der Waals surface area (Å²) in [6.45, 7) is 1.96. The van der Waals surface area contributed by atoms with Gasteiger partial charge in [-0.05, 0) is 31.2 Å². The second kappa shape index (κ2) is 6.88. The van der Waals surface area contributed by atoms with Gasteiger partial charge < -0.3 is 5.32 Å². The second-order valence-electron chi connectivity index (χ2n) is 6.25. The van der Waals surface area contributed by atoms with E-state index in [-0.39, 0.29) is 17.9 Å². The first kappa shape index (κ1) is 17.3. The van der Waals surface area contributed by atoms with Crippen LogP contribution in [-0.2, 0) is 9.59 Å². The van der Waals surface area contributed by atoms with E-state index in [0.717, 1.165) is 22.0 Å². The summed E-state index contributed by atoms with van der Waals surface area (Å²) in [7, 11) is 0. The quantitative estimate of drug-likeness (QED) is 0.680. The number of fused-ring (bicyclic) bond motifs is 2. The standard InChI is InChI=1S/C19H16N4O3S/c1-11-6-8-12(9-7-11)20-16(24)10-15-17(25)22-23-18(26)13-4-2-3-5-14(13)21-19(23)27-15/h2-9,15H,10H2,1H3,(H,20,24)(H,22,25). The zero-order valence-electron chi connectivity index (χ0n) is 14.4. The molecular weight excluding hydrogens is 364 g/mol. The number of nitrogens with one attached hydrogen (secondary N) is 2. The van der Waals surface area contributed by atoms with E-state index in [2.05, 4.69) is 15.7 Å². The third-order valence-electron chi connectivity index (χ3n) is 4.21. The lowest BCUT2D eigenvalue weighted by Crippen LogP contribution is -2.44. The highest BCUT2D eigenvalue weighted by Crippen LogP contribution is 2.28. The van der Waals surface area contributed by atoms with Gasteiger partial charge in [0.2, 0.25) is 5.91 Å². The average molecular weight is 380 g/mol. The lowest BCUT2D eigenvalue weighted by atomic mass is 10.2. The predicted octanol–water partition coefficient (Wildman–Crippen LogP) is 2.28. The van der Waals surface area contributed by atoms with Crippen molar-refractivity contribution in [2.45, 2.75) is 23.8 Å². The smallest absolute Gasteiger partial charge is 0.281 e. The molecule has 0 aliphatic carbocycles. The van der Waals surface area contributed by atoms with Crippen molar-refractivity contribution in [3.63, 3.8) is 0 Å². The van der Waals surface area contributed by atoms with E-state index in [0.29, 0.717) is 21.7 Å². The SMILES string of the molecule is Cc1ccc(NC(=O)CC2Sc3nc4ccccc4c(=O)n3NC2=O)cc1. The zero-order valence-corrected chi connectivity index (χ0v) is 15.2. The number of nitrogens with zero attached hydrogens (tertiary/aromatic N) is 2. The number of aromatic nitrogens is 2. The molecule has 4 rings (SSSR count). The third-order valence-corrected chi connectivity index (χ3v) is 5.36. The van der Waals surface area contributed by atoms with Gasteiger partial charge in [-0.15, -0.1) is 0 Å². The van der Waals surface area contributed by atoms with E-state index in [9.17, 15) is 14.4 Å². The number of thioether (sulfide) groups is 1. The molecule has 27 heavy (non-hydrogen) atoms. The van der Waals surface area contributed by atoms with E-state index in [1.54, 1.807) is 24.3 Å². The Morgan fingerprint density at radius 1 is 1.19 bits per heavy atom. The number of para-hydroxylation sites is 1. The Balaban J connectivity index is 1.54. The Morgan fingerprint density at radius 2 is 1.93 bits per heavy atom. The molecule has 0 saturated carbocycles. The molecule has 0 radical (unpaired) electrons. The first-order chi connectivity index (χ1) is 13.0. The summed E-state index contributed by atoms with van der Waals surface area (Å²) < 4.78 is 1.14. The topological polar surface area (TPSA) is 93.1 Å². The first-order valence-electron chi connectivity index (χ1n) is 8.37. The monoisotopic (exact) mass is 380 g/mol. The highest BCUT2D eigenvalue weighted by molar-refractivity contribution is 8.00. The van der Waals surface area contributed by atoms with Crippen molar-refractivity contribution in [1.29, 1.82) is 0 Å². The molecule has 1 aliphatic rings. The van der Waals surface area contributed by atoms with E-state index < -0.39 is 11.2 Å². The van der Waals surface area contributed by atoms with E-state index in [1.807, 2.05) is 31.2 Å². The third kappa shape index (κ3) is 3.43. The Kier molecular flexibility index (Phi) is 4.41. The summed E-state index contributed by atoms with van der Waals surface area (Å²) in [6, 6.07) is 14.4. The van der Waals surface area contributed by atoms with Gasteiger partial charge in [0.25, 0.3) is 11.5 Å². The zero-order chi connectivity index (χ0) is 19.0. The van der Waals surface area contributed by atoms with Crippen molar-refractivity contribution < 1.29 is 9.59 Å². The number of amides is 2. The van der Waals surface area contributed by atoms with Crippen LogP contribution in [0.3, 0.4) is 0 Å². The molecule has 0 bridgehead atoms. The first-order valence-corrected chi connectivity index (χ1v) is 9.25. The summed E-state index contributed by atoms with van der Waals surface area (Å²) >= 11 is 1.11. The van der Waals surface area contributed by atoms with Crippen LogP contribution in [0.25, 0.3) is 10.9 Å². The number of aryl methyl sites for hydroxylation is 1. The molecular formula is C19H16N4O3S. The molecule has 2 N–H and O–H groups in total. The van der Waals surface area contributed by atoms with Crippen molar-refractivity contribution in [1.82, 2.24) is 9.66 Å². The normalized spacial score (nSPS) is 15.9. The lowest BCUT2D eigenvalue weighted by molar-refractivity contribution is -0.121. The van der Waals surface area contributed by atoms with Gasteiger partial charge in [-0.1, -0.05) is 41.6 Å². The number of rotatable bonds is 3. The van der Waals surface area contributed by atoms with Gasteiger partial charge in [-0.2, -0.15) is 4.68 Å². The van der Waals surface area contributed by atoms with Crippen LogP contribution in [0.2, 0.25) is 0 Å². The van der Waals surface area contributed by atoms with E-state index in [4.69, 9.17) is 0 Å². The molecule has 0 fully saturated rings. The molecule has 3 aromatic rings. The molecule has 136 valence electrons. The van der Waals surface area contributed by atoms with Crippen molar-refractivity contribution in [2.24, 2.45) is 0 Å². The number of carbonyl (C=O) groups is 2. The van der Waals surface area contributed by atoms with Crippen molar-refractivity contribution in [2.75, 3.05) is 10.7 Å². The molecule has 2 heterocycles. The van der Waals surface area contributed by atoms with Crippen molar-refractivity contribution in [3.8, 4) is 0 Å². The van der Waals surface area contributed by atoms with Gasteiger partial charge in [0.15, 0.2) is 5.16 Å². The molecule has 2 aromatic carbocycles. The fourth-order valence-corrected chi connectivity index (χ4v) is 3.84. The lowest BCUT2D eigenvalue weighted by Gasteiger charge is -2.24. The minimum atomic E-state index is -0.663. The summed E-state index contributed by atoms with van der Waals surface area (Å²) in [4.78, 5) is 41.7. The maximum atomic E-state index is 12.5. The highest BCUT2D eigenvalue weighted by atomic mass is 32.2. The summed E-state index contributed by atoms with van der Waals surface area (Å²) in [6.07, 6.45) is -0.0208. The second-order valence-corrected chi connectivity index (χ2v) is 7.42. The Morgan fingerprint density at radius 3 is 2.70 bits per heavy atom. The molecule has 1 aliphatic heterocycles. The Hall–Kier alpha value is -3.13. The fourth-order valence-electron chi connectivity index (χ4n) is 2.80. The van der Waals surface area contributed by atoms with Crippen LogP contribution >= 0.6 is 11.8 Å². The summed E-state index contributed by atoms with van der Waals surface area (Å²) in [5, 5.41) is 2.91. The van der Waals surface area contributed by atoms with Gasteiger partial charge in [0.05, 0.1) is 10.9 Å². The number of benzene rings is 2. The van der Waals surface area contributed by atoms with Crippen LogP contribution in [0.1, 0.15) is 12.0 Å². The average Bonchev–Trinajstić information content (AvgIpc) is 2.65. The molecule has 0 saturated heterocycles. The fraction of sp³-hybridized carbons (Fsp3) is 0.158. The molecule has 7 nitrogen and oxygen atoms in total. The maximum absolute atomic E-state index is 12.5. The van der Waals surface area contributed by atoms with Gasteiger partial charge in [0, 0.05) is 12.1 Å². The van der Waals surface area contributed by atoms with Gasteiger partial charge in [-0.25, -0.2) is 4.98 Å². The molecule has 1 aromatic heterocycles. The molecule has 8 heteroatoms. The van der Waals surface area contributed by atoms with E-state index in [1.165, 1.54) is 0 Å². The van der Waals surface area contributed by atoms with Crippen LogP contribution < -0.4 is 16.3 Å². The predicted molar refractivity (Wildman–Crippen MR) is 104 cm³/mol. The minimum absolute atomic E-state index is 0.0208. The van der Waals surface area contributed by atoms with E-state index >= 15 is 0 Å². The van der Waals surface area contributed by atoms with Crippen LogP contribution in [0, 0.1) is 6.92 Å². The van der Waals surface area contributed by atoms with Crippen LogP contribution in [0.5, 0.6) is 0 Å². The molecule has 2 amide bonds. The largest absolute Gasteiger partial charge is 0.326 e. The minimum Gasteiger partial charge on any atom is -0.326 e. The van der Waals surface area contributed by atoms with Gasteiger partial charge >= 0.3 is 0 Å². The van der Waals surface area contributed by atoms with Crippen molar-refractivity contribution >= 4 is 40.2 Å². The Labute approximate surface area is 158 Å². The van der Waals surface area contributed by atoms with Crippen LogP contribution in [0.4, 0.5) is 5.69 Å². The molecule has 1 atom stereocenters. The van der Waals surface area contributed by atoms with Crippen LogP contribution in [0.15, 0.2) is 58.5 Å². The number of carbonyl (C=O) groups excluding carboxylic acids is 2. The molecule has 0 spiro atoms. The Bertz CT molecular complexity index is 1110. The van der Waals surface area contributed by atoms with Gasteiger partial charge in [0.1, 0.15) is 5.25 Å². The number of anilines is 1. The summed E-state index contributed by atoms with van der Waals surface area (Å²) in [5.74, 6) is -0.672. The maximum Gasteiger partial charge on any atom is 0.281 e. The van der Waals surface area contributed by atoms with Crippen LogP contribution in [-0.4, -0.2) is 26.7 Å². The van der Waals surface area contributed by atoms with Gasteiger partial charge in [-0.3, -0.25) is 19.8 Å². The summed E-state index contributed by atoms with van der Waals surface area (Å²) in [5.41, 5.74) is 4.54. The number of hydrogen-bond donors (Lipinski definition) is 2. The number of hydrogen-bond acceptors (Lipinski definition) is 5. The van der Waals surface area contributed by atoms with Crippen molar-refractivity contribution in [3.05, 3.63) is 64.4 Å².